The molecule has 0 N–H and O–H groups in total. The lowest BCUT2D eigenvalue weighted by Gasteiger charge is -2.07. The summed E-state index contributed by atoms with van der Waals surface area (Å²) in [4.78, 5) is 13.2. The number of hydrogen-bond acceptors (Lipinski definition) is 3. The number of nitro groups is 1. The van der Waals surface area contributed by atoms with Gasteiger partial charge in [-0.25, -0.2) is 8.78 Å². The highest BCUT2D eigenvalue weighted by atomic mass is 127. The van der Waals surface area contributed by atoms with Gasteiger partial charge in [0.15, 0.2) is 6.20 Å². The first-order valence-corrected chi connectivity index (χ1v) is 5.26. The third kappa shape index (κ3) is 2.51. The van der Waals surface area contributed by atoms with Crippen LogP contribution in [0.3, 0.4) is 0 Å². The Hall–Kier alpha value is -0.570. The van der Waals surface area contributed by atoms with Gasteiger partial charge in [-0.1, -0.05) is 0 Å². The van der Waals surface area contributed by atoms with Gasteiger partial charge >= 0.3 is 5.82 Å². The molecule has 0 aliphatic heterocycles. The van der Waals surface area contributed by atoms with Crippen molar-refractivity contribution in [3.8, 4) is 0 Å². The van der Waals surface area contributed by atoms with E-state index in [1.54, 1.807) is 22.6 Å². The molecule has 0 aromatic carbocycles. The zero-order valence-corrected chi connectivity index (χ0v) is 10.00. The summed E-state index contributed by atoms with van der Waals surface area (Å²) in [6.45, 7) is 0. The lowest BCUT2D eigenvalue weighted by Crippen LogP contribution is -2.04. The minimum absolute atomic E-state index is 0.170. The zero-order valence-electron chi connectivity index (χ0n) is 7.08. The van der Waals surface area contributed by atoms with E-state index in [1.165, 1.54) is 0 Å². The fraction of sp³-hybridized carbons (Fsp3) is 0.286. The van der Waals surface area contributed by atoms with Crippen molar-refractivity contribution < 1.29 is 13.7 Å². The Morgan fingerprint density at radius 2 is 2.27 bits per heavy atom. The molecular formula is C7H4ClF2IN2O2. The van der Waals surface area contributed by atoms with Gasteiger partial charge in [0.05, 0.1) is 15.0 Å². The van der Waals surface area contributed by atoms with Gasteiger partial charge in [0, 0.05) is 5.56 Å². The highest BCUT2D eigenvalue weighted by Gasteiger charge is 2.26. The second-order valence-corrected chi connectivity index (χ2v) is 3.94. The van der Waals surface area contributed by atoms with Crippen LogP contribution in [0.1, 0.15) is 17.6 Å². The van der Waals surface area contributed by atoms with Gasteiger partial charge in [0.25, 0.3) is 6.43 Å². The van der Waals surface area contributed by atoms with E-state index < -0.39 is 22.7 Å². The summed E-state index contributed by atoms with van der Waals surface area (Å²) in [6, 6.07) is 0. The monoisotopic (exact) mass is 348 g/mol. The molecule has 0 amide bonds. The quantitative estimate of drug-likeness (QED) is 0.365. The summed E-state index contributed by atoms with van der Waals surface area (Å²) >= 11 is 7.06. The predicted molar refractivity (Wildman–Crippen MR) is 58.1 cm³/mol. The molecule has 0 saturated heterocycles. The van der Waals surface area contributed by atoms with Crippen LogP contribution in [0.2, 0.25) is 0 Å². The summed E-state index contributed by atoms with van der Waals surface area (Å²) in [5.41, 5.74) is -0.629. The smallest absolute Gasteiger partial charge is 0.358 e. The molecule has 1 aromatic rings. The molecule has 8 heteroatoms. The van der Waals surface area contributed by atoms with Gasteiger partial charge in [0.1, 0.15) is 0 Å². The molecule has 0 bridgehead atoms. The summed E-state index contributed by atoms with van der Waals surface area (Å²) in [5.74, 6) is -0.972. The van der Waals surface area contributed by atoms with E-state index in [4.69, 9.17) is 11.6 Å². The van der Waals surface area contributed by atoms with Crippen molar-refractivity contribution in [2.45, 2.75) is 12.3 Å². The second kappa shape index (κ2) is 4.97. The largest absolute Gasteiger partial charge is 0.368 e. The van der Waals surface area contributed by atoms with Crippen molar-refractivity contribution in [1.82, 2.24) is 4.98 Å². The molecule has 0 fully saturated rings. The molecular weight excluding hydrogens is 344 g/mol. The molecule has 0 aliphatic carbocycles. The van der Waals surface area contributed by atoms with E-state index in [1.807, 2.05) is 0 Å². The van der Waals surface area contributed by atoms with Crippen LogP contribution in [0, 0.1) is 13.7 Å². The van der Waals surface area contributed by atoms with Gasteiger partial charge in [-0.3, -0.25) is 0 Å². The summed E-state index contributed by atoms with van der Waals surface area (Å²) < 4.78 is 25.4. The van der Waals surface area contributed by atoms with Gasteiger partial charge in [0.2, 0.25) is 0 Å². The van der Waals surface area contributed by atoms with Gasteiger partial charge in [-0.15, -0.1) is 11.6 Å². The van der Waals surface area contributed by atoms with E-state index >= 15 is 0 Å². The number of aromatic nitrogens is 1. The van der Waals surface area contributed by atoms with Crippen molar-refractivity contribution in [2.24, 2.45) is 0 Å². The molecule has 0 aliphatic rings. The molecule has 1 rings (SSSR count). The Morgan fingerprint density at radius 1 is 1.67 bits per heavy atom. The van der Waals surface area contributed by atoms with Crippen LogP contribution in [-0.2, 0) is 5.88 Å². The van der Waals surface area contributed by atoms with Crippen LogP contribution in [-0.4, -0.2) is 9.91 Å². The van der Waals surface area contributed by atoms with Crippen LogP contribution < -0.4 is 0 Å². The Balaban J connectivity index is 3.47. The molecule has 1 aromatic heterocycles. The summed E-state index contributed by atoms with van der Waals surface area (Å²) in [6.07, 6.45) is -1.76. The highest BCUT2D eigenvalue weighted by Crippen LogP contribution is 2.32. The SMILES string of the molecule is O=[N+]([O-])c1ncc(I)c(C(F)F)c1CCl. The van der Waals surface area contributed by atoms with Crippen molar-refractivity contribution >= 4 is 40.0 Å². The van der Waals surface area contributed by atoms with Crippen LogP contribution >= 0.6 is 34.2 Å². The minimum atomic E-state index is -2.80. The first kappa shape index (κ1) is 12.5. The molecule has 0 atom stereocenters. The number of hydrogen-bond donors (Lipinski definition) is 0. The van der Waals surface area contributed by atoms with Crippen molar-refractivity contribution in [3.63, 3.8) is 0 Å². The van der Waals surface area contributed by atoms with Crippen molar-refractivity contribution in [2.75, 3.05) is 0 Å². The molecule has 1 heterocycles. The lowest BCUT2D eigenvalue weighted by atomic mass is 10.1. The standard InChI is InChI=1S/C7H4ClF2IN2O2/c8-1-3-5(6(9)10)4(11)2-12-7(3)13(14)15/h2,6H,1H2. The van der Waals surface area contributed by atoms with Gasteiger partial charge < -0.3 is 10.1 Å². The van der Waals surface area contributed by atoms with E-state index in [0.717, 1.165) is 6.20 Å². The number of pyridine rings is 1. The average molecular weight is 348 g/mol. The summed E-state index contributed by atoms with van der Waals surface area (Å²) in [7, 11) is 0. The number of nitrogens with zero attached hydrogens (tertiary/aromatic N) is 2. The maximum Gasteiger partial charge on any atom is 0.368 e. The molecule has 0 radical (unpaired) electrons. The van der Waals surface area contributed by atoms with Crippen LogP contribution in [0.25, 0.3) is 0 Å². The Morgan fingerprint density at radius 3 is 2.67 bits per heavy atom. The van der Waals surface area contributed by atoms with Gasteiger partial charge in [-0.2, -0.15) is 0 Å². The third-order valence-corrected chi connectivity index (χ3v) is 2.80. The minimum Gasteiger partial charge on any atom is -0.358 e. The first-order valence-electron chi connectivity index (χ1n) is 3.64. The van der Waals surface area contributed by atoms with E-state index in [2.05, 4.69) is 4.98 Å². The Labute approximate surface area is 102 Å². The second-order valence-electron chi connectivity index (χ2n) is 2.51. The lowest BCUT2D eigenvalue weighted by molar-refractivity contribution is -0.390. The van der Waals surface area contributed by atoms with Crippen LogP contribution in [0.15, 0.2) is 6.20 Å². The summed E-state index contributed by atoms with van der Waals surface area (Å²) in [5, 5.41) is 10.5. The molecule has 4 nitrogen and oxygen atoms in total. The topological polar surface area (TPSA) is 56.0 Å². The maximum absolute atomic E-state index is 12.6. The number of halogens is 4. The van der Waals surface area contributed by atoms with E-state index in [9.17, 15) is 18.9 Å². The third-order valence-electron chi connectivity index (χ3n) is 1.68. The van der Waals surface area contributed by atoms with Crippen LogP contribution in [0.5, 0.6) is 0 Å². The maximum atomic E-state index is 12.6. The predicted octanol–water partition coefficient (Wildman–Crippen LogP) is 3.27. The fourth-order valence-electron chi connectivity index (χ4n) is 1.05. The highest BCUT2D eigenvalue weighted by molar-refractivity contribution is 14.1. The fourth-order valence-corrected chi connectivity index (χ4v) is 2.02. The normalized spacial score (nSPS) is 10.7. The van der Waals surface area contributed by atoms with Crippen LogP contribution in [0.4, 0.5) is 14.6 Å². The molecule has 0 spiro atoms. The van der Waals surface area contributed by atoms with Gasteiger partial charge in [-0.05, 0) is 32.5 Å². The first-order chi connectivity index (χ1) is 6.99. The van der Waals surface area contributed by atoms with Crippen molar-refractivity contribution in [3.05, 3.63) is 31.0 Å². The Bertz CT molecular complexity index is 403. The zero-order chi connectivity index (χ0) is 11.6. The number of alkyl halides is 3. The van der Waals surface area contributed by atoms with E-state index in [0.29, 0.717) is 0 Å². The van der Waals surface area contributed by atoms with Crippen molar-refractivity contribution in [1.29, 1.82) is 0 Å². The molecule has 15 heavy (non-hydrogen) atoms. The molecule has 82 valence electrons. The average Bonchev–Trinajstić information content (AvgIpc) is 2.15. The Kier molecular flexibility index (Phi) is 4.14. The molecule has 0 saturated carbocycles. The molecule has 0 unspecified atom stereocenters. The van der Waals surface area contributed by atoms with E-state index in [-0.39, 0.29) is 15.0 Å². The number of rotatable bonds is 3.